The van der Waals surface area contributed by atoms with Crippen LogP contribution in [-0.4, -0.2) is 14.5 Å². The number of rotatable bonds is 7. The Kier molecular flexibility index (Phi) is 9.56. The number of para-hydroxylation sites is 3. The van der Waals surface area contributed by atoms with Gasteiger partial charge in [0.25, 0.3) is 0 Å². The Hall–Kier alpha value is -9.18. The van der Waals surface area contributed by atoms with E-state index in [2.05, 4.69) is 267 Å². The Balaban J connectivity index is 0.933. The Bertz CT molecular complexity index is 4240. The molecular weight excluding hydrogens is 871 g/mol. The van der Waals surface area contributed by atoms with Gasteiger partial charge in [-0.15, -0.1) is 0 Å². The maximum atomic E-state index is 5.50. The van der Waals surface area contributed by atoms with Crippen molar-refractivity contribution in [2.45, 2.75) is 19.3 Å². The third-order valence-electron chi connectivity index (χ3n) is 15.2. The van der Waals surface area contributed by atoms with E-state index in [4.69, 9.17) is 9.97 Å². The molecule has 0 N–H and O–H groups in total. The molecule has 0 radical (unpaired) electrons. The van der Waals surface area contributed by atoms with E-state index >= 15 is 0 Å². The van der Waals surface area contributed by atoms with Gasteiger partial charge in [-0.3, -0.25) is 0 Å². The summed E-state index contributed by atoms with van der Waals surface area (Å²) in [7, 11) is 0. The van der Waals surface area contributed by atoms with Crippen LogP contribution in [-0.2, 0) is 5.41 Å². The second-order valence-corrected chi connectivity index (χ2v) is 19.6. The summed E-state index contributed by atoms with van der Waals surface area (Å²) < 4.78 is 2.41. The molecule has 2 aromatic heterocycles. The van der Waals surface area contributed by atoms with Crippen LogP contribution in [0, 0.1) is 0 Å². The minimum atomic E-state index is -0.185. The quantitative estimate of drug-likeness (QED) is 0.159. The van der Waals surface area contributed by atoms with Gasteiger partial charge in [0.15, 0.2) is 5.82 Å². The Labute approximate surface area is 419 Å². The van der Waals surface area contributed by atoms with Crippen molar-refractivity contribution in [3.8, 4) is 84.1 Å². The number of nitrogens with zero attached hydrogens (tertiary/aromatic N) is 3. The van der Waals surface area contributed by atoms with Gasteiger partial charge in [0.05, 0.1) is 28.1 Å². The molecule has 0 aliphatic heterocycles. The molecule has 11 aromatic carbocycles. The third kappa shape index (κ3) is 6.58. The standard InChI is InChI=1S/C69H47N3/c1-69(2)59-31-18-30-57(67(59)58-41-48-22-6-7-23-49(48)42-60(58)69)66-52-26-9-8-19-44(52)39-40-56(66)62-43-61(70-68(71-62)47-20-4-3-5-21-47)53-27-11-10-24-50(53)45-35-37-46(38-36-45)51-25-12-15-32-63(51)72-64-33-16-13-28-54(64)55-29-14-17-34-65(55)72/h3-43H,1-2H3. The zero-order chi connectivity index (χ0) is 47.9. The lowest BCUT2D eigenvalue weighted by Crippen LogP contribution is -2.14. The van der Waals surface area contributed by atoms with E-state index in [9.17, 15) is 0 Å². The van der Waals surface area contributed by atoms with Gasteiger partial charge in [-0.2, -0.15) is 0 Å². The van der Waals surface area contributed by atoms with Gasteiger partial charge < -0.3 is 4.57 Å². The van der Waals surface area contributed by atoms with Crippen LogP contribution in [0.5, 0.6) is 0 Å². The minimum absolute atomic E-state index is 0.185. The van der Waals surface area contributed by atoms with E-state index in [-0.39, 0.29) is 5.41 Å². The molecule has 1 aliphatic carbocycles. The molecule has 14 rings (SSSR count). The van der Waals surface area contributed by atoms with Crippen molar-refractivity contribution in [2.24, 2.45) is 0 Å². The molecule has 13 aromatic rings. The number of aromatic nitrogens is 3. The SMILES string of the molecule is CC1(C)c2cc3ccccc3cc2-c2c(-c3c(-c4cc(-c5ccccc5-c5ccc(-c6ccccc6-n6c7ccccc7c7ccccc76)cc5)nc(-c5ccccc5)n4)ccc4ccccc34)cccc21. The molecule has 0 saturated heterocycles. The molecule has 3 nitrogen and oxygen atoms in total. The minimum Gasteiger partial charge on any atom is -0.309 e. The molecule has 0 unspecified atom stereocenters. The normalized spacial score (nSPS) is 12.7. The average molecular weight is 918 g/mol. The van der Waals surface area contributed by atoms with Crippen LogP contribution < -0.4 is 0 Å². The van der Waals surface area contributed by atoms with Crippen molar-refractivity contribution < 1.29 is 0 Å². The monoisotopic (exact) mass is 917 g/mol. The fraction of sp³-hybridized carbons (Fsp3) is 0.0435. The van der Waals surface area contributed by atoms with Gasteiger partial charge in [0, 0.05) is 38.4 Å². The van der Waals surface area contributed by atoms with Gasteiger partial charge in [-0.25, -0.2) is 9.97 Å². The molecule has 0 fully saturated rings. The zero-order valence-corrected chi connectivity index (χ0v) is 40.0. The summed E-state index contributed by atoms with van der Waals surface area (Å²) in [6.45, 7) is 4.75. The lowest BCUT2D eigenvalue weighted by molar-refractivity contribution is 0.661. The summed E-state index contributed by atoms with van der Waals surface area (Å²) in [5.41, 5.74) is 20.4. The molecule has 0 amide bonds. The highest BCUT2D eigenvalue weighted by Gasteiger charge is 2.38. The maximum Gasteiger partial charge on any atom is 0.160 e. The van der Waals surface area contributed by atoms with Gasteiger partial charge >= 0.3 is 0 Å². The first-order valence-corrected chi connectivity index (χ1v) is 24.9. The first kappa shape index (κ1) is 41.8. The maximum absolute atomic E-state index is 5.50. The predicted octanol–water partition coefficient (Wildman–Crippen LogP) is 18.2. The van der Waals surface area contributed by atoms with Crippen molar-refractivity contribution in [1.29, 1.82) is 0 Å². The molecular formula is C69H47N3. The summed E-state index contributed by atoms with van der Waals surface area (Å²) >= 11 is 0. The van der Waals surface area contributed by atoms with Gasteiger partial charge in [0.2, 0.25) is 0 Å². The molecule has 0 bridgehead atoms. The highest BCUT2D eigenvalue weighted by Crippen LogP contribution is 2.55. The van der Waals surface area contributed by atoms with E-state index in [0.717, 1.165) is 50.5 Å². The summed E-state index contributed by atoms with van der Waals surface area (Å²) in [6, 6.07) is 90.3. The predicted molar refractivity (Wildman–Crippen MR) is 302 cm³/mol. The Morgan fingerprint density at radius 2 is 0.861 bits per heavy atom. The summed E-state index contributed by atoms with van der Waals surface area (Å²) in [6.07, 6.45) is 0. The van der Waals surface area contributed by atoms with Crippen LogP contribution in [0.2, 0.25) is 0 Å². The average Bonchev–Trinajstić information content (AvgIpc) is 3.90. The van der Waals surface area contributed by atoms with Crippen molar-refractivity contribution >= 4 is 43.4 Å². The molecule has 0 atom stereocenters. The Morgan fingerprint density at radius 1 is 0.319 bits per heavy atom. The van der Waals surface area contributed by atoms with Crippen molar-refractivity contribution in [2.75, 3.05) is 0 Å². The van der Waals surface area contributed by atoms with E-state index in [1.54, 1.807) is 0 Å². The highest BCUT2D eigenvalue weighted by atomic mass is 15.0. The first-order chi connectivity index (χ1) is 35.5. The fourth-order valence-corrected chi connectivity index (χ4v) is 11.8. The van der Waals surface area contributed by atoms with Crippen molar-refractivity contribution in [1.82, 2.24) is 14.5 Å². The van der Waals surface area contributed by atoms with Gasteiger partial charge in [-0.1, -0.05) is 226 Å². The summed E-state index contributed by atoms with van der Waals surface area (Å²) in [5, 5.41) is 7.40. The first-order valence-electron chi connectivity index (χ1n) is 24.9. The van der Waals surface area contributed by atoms with Gasteiger partial charge in [0.1, 0.15) is 0 Å². The summed E-state index contributed by atoms with van der Waals surface area (Å²) in [4.78, 5) is 10.9. The topological polar surface area (TPSA) is 30.7 Å². The number of hydrogen-bond donors (Lipinski definition) is 0. The molecule has 3 heteroatoms. The van der Waals surface area contributed by atoms with Crippen molar-refractivity contribution in [3.05, 3.63) is 260 Å². The fourth-order valence-electron chi connectivity index (χ4n) is 11.8. The molecule has 72 heavy (non-hydrogen) atoms. The Morgan fingerprint density at radius 3 is 1.58 bits per heavy atom. The van der Waals surface area contributed by atoms with Crippen LogP contribution in [0.15, 0.2) is 249 Å². The third-order valence-corrected chi connectivity index (χ3v) is 15.2. The lowest BCUT2D eigenvalue weighted by atomic mass is 9.81. The largest absolute Gasteiger partial charge is 0.309 e. The van der Waals surface area contributed by atoms with E-state index in [0.29, 0.717) is 5.82 Å². The molecule has 0 spiro atoms. The van der Waals surface area contributed by atoms with Crippen LogP contribution in [0.25, 0.3) is 127 Å². The van der Waals surface area contributed by atoms with Crippen LogP contribution in [0.4, 0.5) is 0 Å². The lowest BCUT2D eigenvalue weighted by Gasteiger charge is -2.22. The molecule has 0 saturated carbocycles. The van der Waals surface area contributed by atoms with Crippen LogP contribution in [0.1, 0.15) is 25.0 Å². The highest BCUT2D eigenvalue weighted by molar-refractivity contribution is 6.11. The van der Waals surface area contributed by atoms with E-state index < -0.39 is 0 Å². The zero-order valence-electron chi connectivity index (χ0n) is 40.0. The van der Waals surface area contributed by atoms with E-state index in [1.807, 2.05) is 0 Å². The van der Waals surface area contributed by atoms with Crippen LogP contribution >= 0.6 is 0 Å². The second kappa shape index (κ2) is 16.5. The molecule has 338 valence electrons. The van der Waals surface area contributed by atoms with Crippen molar-refractivity contribution in [3.63, 3.8) is 0 Å². The van der Waals surface area contributed by atoms with E-state index in [1.165, 1.54) is 82.3 Å². The summed E-state index contributed by atoms with van der Waals surface area (Å²) in [5.74, 6) is 0.685. The smallest absolute Gasteiger partial charge is 0.160 e. The second-order valence-electron chi connectivity index (χ2n) is 19.6. The van der Waals surface area contributed by atoms with Crippen LogP contribution in [0.3, 0.4) is 0 Å². The number of fused-ring (bicyclic) bond motifs is 8. The molecule has 1 aliphatic rings. The molecule has 2 heterocycles. The number of benzene rings is 11. The van der Waals surface area contributed by atoms with Gasteiger partial charge in [-0.05, 0) is 108 Å². The number of hydrogen-bond acceptors (Lipinski definition) is 2.